The van der Waals surface area contributed by atoms with Crippen molar-refractivity contribution in [2.45, 2.75) is 59.7 Å². The molecule has 0 aliphatic carbocycles. The Balaban J connectivity index is 2.48. The van der Waals surface area contributed by atoms with Gasteiger partial charge >= 0.3 is 10.2 Å². The molecule has 2 aromatic carbocycles. The molecule has 2 rings (SSSR count). The van der Waals surface area contributed by atoms with Gasteiger partial charge in [0.25, 0.3) is 0 Å². The van der Waals surface area contributed by atoms with Gasteiger partial charge in [-0.2, -0.15) is 12.7 Å². The van der Waals surface area contributed by atoms with Crippen LogP contribution in [0.15, 0.2) is 48.5 Å². The normalized spacial score (nSPS) is 13.3. The molecule has 0 aliphatic heterocycles. The maximum Gasteiger partial charge on any atom is 0.304 e. The number of benzene rings is 2. The lowest BCUT2D eigenvalue weighted by Crippen LogP contribution is -2.53. The fourth-order valence-electron chi connectivity index (χ4n) is 3.52. The number of carbonyl (C=O) groups excluding carboxylic acids is 2. The third-order valence-corrected chi connectivity index (χ3v) is 7.82. The van der Waals surface area contributed by atoms with E-state index in [0.29, 0.717) is 5.69 Å². The van der Waals surface area contributed by atoms with Gasteiger partial charge in [-0.25, -0.2) is 4.31 Å². The Morgan fingerprint density at radius 1 is 1.00 bits per heavy atom. The third kappa shape index (κ3) is 7.29. The fourth-order valence-corrected chi connectivity index (χ4v) is 4.63. The van der Waals surface area contributed by atoms with E-state index in [1.165, 1.54) is 19.0 Å². The second-order valence-corrected chi connectivity index (χ2v) is 11.2. The van der Waals surface area contributed by atoms with Crippen molar-refractivity contribution in [3.05, 3.63) is 65.2 Å². The van der Waals surface area contributed by atoms with Crippen LogP contribution in [-0.4, -0.2) is 62.2 Å². The lowest BCUT2D eigenvalue weighted by molar-refractivity contribution is -0.139. The Morgan fingerprint density at radius 3 is 2.20 bits per heavy atom. The molecule has 2 atom stereocenters. The number of nitrogens with one attached hydrogen (secondary N) is 1. The largest absolute Gasteiger partial charge is 0.352 e. The van der Waals surface area contributed by atoms with Gasteiger partial charge in [0.15, 0.2) is 0 Å². The summed E-state index contributed by atoms with van der Waals surface area (Å²) in [5.41, 5.74) is 2.88. The fraction of sp³-hybridized carbons (Fsp3) is 0.462. The first kappa shape index (κ1) is 28.3. The first-order valence-corrected chi connectivity index (χ1v) is 13.2. The number of hydrogen-bond acceptors (Lipinski definition) is 4. The van der Waals surface area contributed by atoms with E-state index >= 15 is 0 Å². The van der Waals surface area contributed by atoms with Gasteiger partial charge in [-0.15, -0.1) is 0 Å². The van der Waals surface area contributed by atoms with Crippen molar-refractivity contribution >= 4 is 27.7 Å². The van der Waals surface area contributed by atoms with Crippen molar-refractivity contribution < 1.29 is 18.0 Å². The van der Waals surface area contributed by atoms with Crippen LogP contribution in [0.25, 0.3) is 0 Å². The maximum atomic E-state index is 13.7. The number of rotatable bonds is 11. The predicted octanol–water partition coefficient (Wildman–Crippen LogP) is 3.25. The molecule has 0 bridgehead atoms. The second kappa shape index (κ2) is 12.2. The van der Waals surface area contributed by atoms with E-state index in [2.05, 4.69) is 5.32 Å². The van der Waals surface area contributed by atoms with Crippen LogP contribution in [0.3, 0.4) is 0 Å². The summed E-state index contributed by atoms with van der Waals surface area (Å²) in [5, 5.41) is 2.93. The molecule has 0 fully saturated rings. The van der Waals surface area contributed by atoms with Crippen LogP contribution in [0.1, 0.15) is 43.9 Å². The van der Waals surface area contributed by atoms with Crippen LogP contribution in [0.4, 0.5) is 5.69 Å². The molecule has 0 spiro atoms. The van der Waals surface area contributed by atoms with Crippen molar-refractivity contribution in [3.63, 3.8) is 0 Å². The quantitative estimate of drug-likeness (QED) is 0.511. The molecule has 0 radical (unpaired) electrons. The molecule has 0 saturated carbocycles. The van der Waals surface area contributed by atoms with Crippen molar-refractivity contribution in [2.75, 3.05) is 24.9 Å². The highest BCUT2D eigenvalue weighted by molar-refractivity contribution is 7.90. The number of nitrogens with zero attached hydrogens (tertiary/aromatic N) is 3. The van der Waals surface area contributed by atoms with E-state index < -0.39 is 28.7 Å². The summed E-state index contributed by atoms with van der Waals surface area (Å²) < 4.78 is 28.8. The molecule has 8 nitrogen and oxygen atoms in total. The minimum Gasteiger partial charge on any atom is -0.352 e. The number of hydrogen-bond donors (Lipinski definition) is 1. The van der Waals surface area contributed by atoms with Gasteiger partial charge in [-0.05, 0) is 56.9 Å². The number of anilines is 1. The molecule has 2 amide bonds. The lowest BCUT2D eigenvalue weighted by Gasteiger charge is -2.33. The molecule has 0 saturated heterocycles. The molecular weight excluding hydrogens is 464 g/mol. The zero-order chi connectivity index (χ0) is 26.3. The molecule has 0 aliphatic rings. The van der Waals surface area contributed by atoms with Crippen molar-refractivity contribution in [1.82, 2.24) is 14.5 Å². The van der Waals surface area contributed by atoms with Gasteiger partial charge in [0, 0.05) is 26.7 Å². The van der Waals surface area contributed by atoms with Crippen LogP contribution in [0.2, 0.25) is 0 Å². The Hall–Kier alpha value is -2.91. The van der Waals surface area contributed by atoms with Gasteiger partial charge < -0.3 is 10.2 Å². The standard InChI is InChI=1S/C26H38N4O4S/c1-8-21(4)27-26(32)22(5)29(17-23-12-10-9-11-13-23)25(31)18-30(35(33,34)28(6)7)24-16-19(2)14-15-20(24)3/h9-16,21-22H,8,17-18H2,1-7H3,(H,27,32)/t21-,22+/m0/s1. The summed E-state index contributed by atoms with van der Waals surface area (Å²) in [6.45, 7) is 8.96. The second-order valence-electron chi connectivity index (χ2n) is 9.09. The van der Waals surface area contributed by atoms with E-state index in [9.17, 15) is 18.0 Å². The summed E-state index contributed by atoms with van der Waals surface area (Å²) >= 11 is 0. The highest BCUT2D eigenvalue weighted by Crippen LogP contribution is 2.26. The first-order chi connectivity index (χ1) is 16.4. The molecule has 0 aromatic heterocycles. The SMILES string of the molecule is CC[C@H](C)NC(=O)[C@@H](C)N(Cc1ccccc1)C(=O)CN(c1cc(C)ccc1C)S(=O)(=O)N(C)C. The topological polar surface area (TPSA) is 90.0 Å². The summed E-state index contributed by atoms with van der Waals surface area (Å²) in [7, 11) is -1.12. The van der Waals surface area contributed by atoms with Gasteiger partial charge in [0.1, 0.15) is 12.6 Å². The summed E-state index contributed by atoms with van der Waals surface area (Å²) in [6, 6.07) is 14.0. The van der Waals surface area contributed by atoms with Crippen molar-refractivity contribution in [1.29, 1.82) is 0 Å². The van der Waals surface area contributed by atoms with Crippen LogP contribution in [0, 0.1) is 13.8 Å². The summed E-state index contributed by atoms with van der Waals surface area (Å²) in [5.74, 6) is -0.746. The Bertz CT molecular complexity index is 1120. The highest BCUT2D eigenvalue weighted by Gasteiger charge is 2.33. The molecule has 2 aromatic rings. The van der Waals surface area contributed by atoms with Crippen molar-refractivity contribution in [2.24, 2.45) is 0 Å². The molecule has 1 N–H and O–H groups in total. The third-order valence-electron chi connectivity index (χ3n) is 6.02. The van der Waals surface area contributed by atoms with E-state index in [-0.39, 0.29) is 18.5 Å². The zero-order valence-corrected chi connectivity index (χ0v) is 22.6. The summed E-state index contributed by atoms with van der Waals surface area (Å²) in [4.78, 5) is 28.1. The van der Waals surface area contributed by atoms with Gasteiger partial charge in [-0.3, -0.25) is 9.59 Å². The van der Waals surface area contributed by atoms with Crippen molar-refractivity contribution in [3.8, 4) is 0 Å². The molecule has 0 unspecified atom stereocenters. The van der Waals surface area contributed by atoms with E-state index in [1.54, 1.807) is 19.9 Å². The number of carbonyl (C=O) groups is 2. The van der Waals surface area contributed by atoms with Crippen LogP contribution in [-0.2, 0) is 26.3 Å². The van der Waals surface area contributed by atoms with E-state index in [4.69, 9.17) is 0 Å². The van der Waals surface area contributed by atoms with Crippen LogP contribution < -0.4 is 9.62 Å². The van der Waals surface area contributed by atoms with Gasteiger partial charge in [0.05, 0.1) is 5.69 Å². The Morgan fingerprint density at radius 2 is 1.63 bits per heavy atom. The lowest BCUT2D eigenvalue weighted by atomic mass is 10.1. The predicted molar refractivity (Wildman–Crippen MR) is 140 cm³/mol. The zero-order valence-electron chi connectivity index (χ0n) is 21.8. The molecule has 9 heteroatoms. The molecule has 0 heterocycles. The first-order valence-electron chi connectivity index (χ1n) is 11.8. The highest BCUT2D eigenvalue weighted by atomic mass is 32.2. The van der Waals surface area contributed by atoms with E-state index in [0.717, 1.165) is 31.7 Å². The minimum absolute atomic E-state index is 0.0424. The van der Waals surface area contributed by atoms with E-state index in [1.807, 2.05) is 63.2 Å². The average Bonchev–Trinajstić information content (AvgIpc) is 2.82. The number of amides is 2. The van der Waals surface area contributed by atoms with Gasteiger partial charge in [-0.1, -0.05) is 49.4 Å². The number of aryl methyl sites for hydroxylation is 2. The average molecular weight is 503 g/mol. The monoisotopic (exact) mass is 502 g/mol. The van der Waals surface area contributed by atoms with Gasteiger partial charge in [0.2, 0.25) is 11.8 Å². The molecular formula is C26H38N4O4S. The van der Waals surface area contributed by atoms with Crippen LogP contribution >= 0.6 is 0 Å². The molecule has 35 heavy (non-hydrogen) atoms. The Kier molecular flexibility index (Phi) is 9.85. The van der Waals surface area contributed by atoms with Crippen LogP contribution in [0.5, 0.6) is 0 Å². The minimum atomic E-state index is -3.98. The summed E-state index contributed by atoms with van der Waals surface area (Å²) in [6.07, 6.45) is 0.757. The maximum absolute atomic E-state index is 13.7. The Labute approximate surface area is 210 Å². The smallest absolute Gasteiger partial charge is 0.304 e. The molecule has 192 valence electrons.